The van der Waals surface area contributed by atoms with Gasteiger partial charge < -0.3 is 16.0 Å². The van der Waals surface area contributed by atoms with Crippen LogP contribution in [0.2, 0.25) is 0 Å². The average molecular weight is 283 g/mol. The second-order valence-electron chi connectivity index (χ2n) is 6.30. The van der Waals surface area contributed by atoms with Crippen molar-refractivity contribution in [3.63, 3.8) is 0 Å². The quantitative estimate of drug-likeness (QED) is 0.540. The van der Waals surface area contributed by atoms with E-state index in [4.69, 9.17) is 5.73 Å². The Morgan fingerprint density at radius 2 is 1.90 bits per heavy atom. The number of nitrogens with two attached hydrogens (primary N) is 1. The van der Waals surface area contributed by atoms with Gasteiger partial charge in [0.15, 0.2) is 0 Å². The van der Waals surface area contributed by atoms with Gasteiger partial charge in [-0.2, -0.15) is 0 Å². The van der Waals surface area contributed by atoms with Crippen LogP contribution in [0.4, 0.5) is 0 Å². The molecule has 1 amide bonds. The van der Waals surface area contributed by atoms with Crippen molar-refractivity contribution in [3.8, 4) is 0 Å². The van der Waals surface area contributed by atoms with Crippen LogP contribution in [0.25, 0.3) is 0 Å². The number of carbonyl (C=O) groups excluding carboxylic acids is 1. The standard InChI is InChI=1S/C16H33N3O/c1-4-6-12-19(14-9-10-14)13-8-7-11-16(3,15(17)20)18-5-2/h14,18H,4-13H2,1-3H3,(H2,17,20). The molecule has 0 aliphatic heterocycles. The fraction of sp³-hybridized carbons (Fsp3) is 0.938. The second-order valence-corrected chi connectivity index (χ2v) is 6.30. The summed E-state index contributed by atoms with van der Waals surface area (Å²) in [5, 5.41) is 3.23. The molecule has 1 saturated carbocycles. The van der Waals surface area contributed by atoms with Gasteiger partial charge in [0.2, 0.25) is 5.91 Å². The van der Waals surface area contributed by atoms with Crippen LogP contribution in [0.15, 0.2) is 0 Å². The van der Waals surface area contributed by atoms with Crippen LogP contribution in [0.1, 0.15) is 65.7 Å². The maximum absolute atomic E-state index is 11.5. The Kier molecular flexibility index (Phi) is 7.52. The zero-order chi connectivity index (χ0) is 15.0. The summed E-state index contributed by atoms with van der Waals surface area (Å²) < 4.78 is 0. The number of nitrogens with one attached hydrogen (secondary N) is 1. The summed E-state index contributed by atoms with van der Waals surface area (Å²) >= 11 is 0. The van der Waals surface area contributed by atoms with E-state index in [2.05, 4.69) is 17.1 Å². The van der Waals surface area contributed by atoms with E-state index in [-0.39, 0.29) is 5.91 Å². The molecule has 4 heteroatoms. The third kappa shape index (κ3) is 5.80. The molecule has 0 bridgehead atoms. The van der Waals surface area contributed by atoms with E-state index in [0.29, 0.717) is 0 Å². The van der Waals surface area contributed by atoms with E-state index in [9.17, 15) is 4.79 Å². The Labute approximate surface area is 124 Å². The zero-order valence-electron chi connectivity index (χ0n) is 13.6. The van der Waals surface area contributed by atoms with Crippen molar-refractivity contribution >= 4 is 5.91 Å². The average Bonchev–Trinajstić information content (AvgIpc) is 3.22. The smallest absolute Gasteiger partial charge is 0.237 e. The van der Waals surface area contributed by atoms with Gasteiger partial charge in [0.05, 0.1) is 5.54 Å². The molecule has 1 unspecified atom stereocenters. The summed E-state index contributed by atoms with van der Waals surface area (Å²) in [7, 11) is 0. The molecule has 1 aliphatic carbocycles. The largest absolute Gasteiger partial charge is 0.368 e. The lowest BCUT2D eigenvalue weighted by Crippen LogP contribution is -2.53. The van der Waals surface area contributed by atoms with E-state index in [1.807, 2.05) is 13.8 Å². The van der Waals surface area contributed by atoms with Crippen LogP contribution in [-0.2, 0) is 4.79 Å². The summed E-state index contributed by atoms with van der Waals surface area (Å²) in [5.41, 5.74) is 4.97. The normalized spacial score (nSPS) is 18.2. The molecule has 0 saturated heterocycles. The van der Waals surface area contributed by atoms with Crippen LogP contribution in [0.3, 0.4) is 0 Å². The van der Waals surface area contributed by atoms with E-state index in [1.54, 1.807) is 0 Å². The van der Waals surface area contributed by atoms with E-state index in [1.165, 1.54) is 38.8 Å². The van der Waals surface area contributed by atoms with Gasteiger partial charge in [-0.25, -0.2) is 0 Å². The van der Waals surface area contributed by atoms with Gasteiger partial charge in [-0.15, -0.1) is 0 Å². The van der Waals surface area contributed by atoms with Crippen molar-refractivity contribution in [1.82, 2.24) is 10.2 Å². The third-order valence-electron chi connectivity index (χ3n) is 4.35. The predicted octanol–water partition coefficient (Wildman–Crippen LogP) is 2.27. The molecule has 0 aromatic heterocycles. The molecule has 3 N–H and O–H groups in total. The van der Waals surface area contributed by atoms with Gasteiger partial charge in [0.1, 0.15) is 0 Å². The van der Waals surface area contributed by atoms with E-state index < -0.39 is 5.54 Å². The Bertz CT molecular complexity index is 291. The second kappa shape index (κ2) is 8.63. The van der Waals surface area contributed by atoms with Crippen molar-refractivity contribution in [2.45, 2.75) is 77.3 Å². The highest BCUT2D eigenvalue weighted by atomic mass is 16.1. The molecule has 0 aromatic rings. The molecule has 0 heterocycles. The van der Waals surface area contributed by atoms with Gasteiger partial charge in [0, 0.05) is 6.04 Å². The number of rotatable bonds is 12. The summed E-state index contributed by atoms with van der Waals surface area (Å²) in [4.78, 5) is 14.2. The van der Waals surface area contributed by atoms with Crippen LogP contribution in [0.5, 0.6) is 0 Å². The predicted molar refractivity (Wildman–Crippen MR) is 84.6 cm³/mol. The number of nitrogens with zero attached hydrogens (tertiary/aromatic N) is 1. The molecule has 1 aliphatic rings. The first-order chi connectivity index (χ1) is 9.53. The van der Waals surface area contributed by atoms with Crippen molar-refractivity contribution in [3.05, 3.63) is 0 Å². The molecule has 0 spiro atoms. The first kappa shape index (κ1) is 17.4. The number of amides is 1. The van der Waals surface area contributed by atoms with Gasteiger partial charge in [-0.1, -0.05) is 20.3 Å². The highest BCUT2D eigenvalue weighted by molar-refractivity contribution is 5.84. The summed E-state index contributed by atoms with van der Waals surface area (Å²) in [6.45, 7) is 9.38. The molecular formula is C16H33N3O. The number of hydrogen-bond acceptors (Lipinski definition) is 3. The highest BCUT2D eigenvalue weighted by Crippen LogP contribution is 2.27. The third-order valence-corrected chi connectivity index (χ3v) is 4.35. The summed E-state index contributed by atoms with van der Waals surface area (Å²) in [6.07, 6.45) is 8.37. The van der Waals surface area contributed by atoms with Crippen molar-refractivity contribution in [1.29, 1.82) is 0 Å². The van der Waals surface area contributed by atoms with Gasteiger partial charge in [-0.05, 0) is 65.1 Å². The summed E-state index contributed by atoms with van der Waals surface area (Å²) in [6, 6.07) is 0.845. The van der Waals surface area contributed by atoms with Gasteiger partial charge in [-0.3, -0.25) is 4.79 Å². The fourth-order valence-corrected chi connectivity index (χ4v) is 2.76. The molecule has 1 rings (SSSR count). The Hall–Kier alpha value is -0.610. The first-order valence-electron chi connectivity index (χ1n) is 8.32. The lowest BCUT2D eigenvalue weighted by atomic mass is 9.94. The molecule has 1 fully saturated rings. The lowest BCUT2D eigenvalue weighted by molar-refractivity contribution is -0.124. The van der Waals surface area contributed by atoms with E-state index in [0.717, 1.165) is 31.8 Å². The van der Waals surface area contributed by atoms with Crippen LogP contribution < -0.4 is 11.1 Å². The number of primary amides is 1. The number of likely N-dealkylation sites (N-methyl/N-ethyl adjacent to an activating group) is 1. The molecular weight excluding hydrogens is 250 g/mol. The minimum absolute atomic E-state index is 0.232. The highest BCUT2D eigenvalue weighted by Gasteiger charge is 2.30. The topological polar surface area (TPSA) is 58.4 Å². The summed E-state index contributed by atoms with van der Waals surface area (Å²) in [5.74, 6) is -0.232. The molecule has 0 aromatic carbocycles. The van der Waals surface area contributed by atoms with Crippen LogP contribution in [-0.4, -0.2) is 42.0 Å². The lowest BCUT2D eigenvalue weighted by Gasteiger charge is -2.28. The Morgan fingerprint density at radius 3 is 2.40 bits per heavy atom. The van der Waals surface area contributed by atoms with Gasteiger partial charge in [0.25, 0.3) is 0 Å². The number of hydrogen-bond donors (Lipinski definition) is 2. The maximum atomic E-state index is 11.5. The van der Waals surface area contributed by atoms with E-state index >= 15 is 0 Å². The SMILES string of the molecule is CCCCN(CCCCC(C)(NCC)C(N)=O)C1CC1. The monoisotopic (exact) mass is 283 g/mol. The van der Waals surface area contributed by atoms with Crippen LogP contribution >= 0.6 is 0 Å². The minimum Gasteiger partial charge on any atom is -0.368 e. The minimum atomic E-state index is -0.539. The number of unbranched alkanes of at least 4 members (excludes halogenated alkanes) is 2. The zero-order valence-corrected chi connectivity index (χ0v) is 13.6. The molecule has 4 nitrogen and oxygen atoms in total. The van der Waals surface area contributed by atoms with Crippen molar-refractivity contribution in [2.75, 3.05) is 19.6 Å². The molecule has 118 valence electrons. The van der Waals surface area contributed by atoms with Crippen LogP contribution in [0, 0.1) is 0 Å². The van der Waals surface area contributed by atoms with Gasteiger partial charge >= 0.3 is 0 Å². The first-order valence-corrected chi connectivity index (χ1v) is 8.32. The number of carbonyl (C=O) groups is 1. The molecule has 20 heavy (non-hydrogen) atoms. The fourth-order valence-electron chi connectivity index (χ4n) is 2.76. The van der Waals surface area contributed by atoms with Crippen molar-refractivity contribution in [2.24, 2.45) is 5.73 Å². The Balaban J connectivity index is 2.25. The van der Waals surface area contributed by atoms with Crippen molar-refractivity contribution < 1.29 is 4.79 Å². The molecule has 1 atom stereocenters. The maximum Gasteiger partial charge on any atom is 0.237 e. The Morgan fingerprint density at radius 1 is 1.25 bits per heavy atom. The molecule has 0 radical (unpaired) electrons.